The first-order valence-electron chi connectivity index (χ1n) is 6.50. The number of esters is 1. The second-order valence-electron chi connectivity index (χ2n) is 4.53. The zero-order chi connectivity index (χ0) is 14.7. The molecule has 2 heterocycles. The van der Waals surface area contributed by atoms with Gasteiger partial charge in [0.1, 0.15) is 12.3 Å². The first-order chi connectivity index (χ1) is 9.56. The largest absolute Gasteiger partial charge is 0.464 e. The van der Waals surface area contributed by atoms with Gasteiger partial charge < -0.3 is 9.15 Å². The van der Waals surface area contributed by atoms with Crippen LogP contribution in [0.4, 0.5) is 0 Å². The van der Waals surface area contributed by atoms with E-state index in [1.165, 1.54) is 7.11 Å². The summed E-state index contributed by atoms with van der Waals surface area (Å²) in [5, 5.41) is 7.90. The minimum Gasteiger partial charge on any atom is -0.464 e. The van der Waals surface area contributed by atoms with E-state index in [4.69, 9.17) is 9.15 Å². The molecule has 108 valence electrons. The average molecular weight is 278 g/mol. The van der Waals surface area contributed by atoms with Crippen LogP contribution in [-0.2, 0) is 17.7 Å². The Kier molecular flexibility index (Phi) is 4.16. The highest BCUT2D eigenvalue weighted by Crippen LogP contribution is 2.14. The standard InChI is InChI=1S/C13H18N4O3/c1-5-6-10-12(13(18)19-4)15-16-17(10)7-11-14-8(2)9(3)20-11/h5-7H2,1-4H3. The van der Waals surface area contributed by atoms with Crippen LogP contribution in [0, 0.1) is 13.8 Å². The monoisotopic (exact) mass is 278 g/mol. The summed E-state index contributed by atoms with van der Waals surface area (Å²) in [4.78, 5) is 16.0. The lowest BCUT2D eigenvalue weighted by atomic mass is 10.2. The van der Waals surface area contributed by atoms with Gasteiger partial charge in [-0.3, -0.25) is 0 Å². The topological polar surface area (TPSA) is 83.0 Å². The minimum atomic E-state index is -0.473. The summed E-state index contributed by atoms with van der Waals surface area (Å²) in [7, 11) is 1.33. The van der Waals surface area contributed by atoms with Crippen LogP contribution in [-0.4, -0.2) is 33.1 Å². The molecule has 0 aromatic carbocycles. The van der Waals surface area contributed by atoms with Crippen molar-refractivity contribution < 1.29 is 13.9 Å². The molecule has 0 amide bonds. The first-order valence-corrected chi connectivity index (χ1v) is 6.50. The van der Waals surface area contributed by atoms with Crippen LogP contribution in [0.15, 0.2) is 4.42 Å². The fourth-order valence-corrected chi connectivity index (χ4v) is 1.93. The van der Waals surface area contributed by atoms with E-state index in [0.29, 0.717) is 18.9 Å². The van der Waals surface area contributed by atoms with Crippen LogP contribution < -0.4 is 0 Å². The SMILES string of the molecule is CCCc1c(C(=O)OC)nnn1Cc1nc(C)c(C)o1. The smallest absolute Gasteiger partial charge is 0.360 e. The molecule has 0 aliphatic heterocycles. The van der Waals surface area contributed by atoms with Gasteiger partial charge in [-0.2, -0.15) is 0 Å². The van der Waals surface area contributed by atoms with Crippen LogP contribution in [0.5, 0.6) is 0 Å². The van der Waals surface area contributed by atoms with Gasteiger partial charge in [-0.15, -0.1) is 5.10 Å². The maximum Gasteiger partial charge on any atom is 0.360 e. The van der Waals surface area contributed by atoms with E-state index in [1.807, 2.05) is 20.8 Å². The van der Waals surface area contributed by atoms with E-state index in [1.54, 1.807) is 4.68 Å². The quantitative estimate of drug-likeness (QED) is 0.774. The van der Waals surface area contributed by atoms with Gasteiger partial charge in [0, 0.05) is 0 Å². The molecular weight excluding hydrogens is 260 g/mol. The molecule has 0 saturated heterocycles. The van der Waals surface area contributed by atoms with E-state index in [-0.39, 0.29) is 5.69 Å². The number of hydrogen-bond donors (Lipinski definition) is 0. The average Bonchev–Trinajstić information content (AvgIpc) is 2.95. The second-order valence-corrected chi connectivity index (χ2v) is 4.53. The number of rotatable bonds is 5. The van der Waals surface area contributed by atoms with Crippen molar-refractivity contribution in [3.63, 3.8) is 0 Å². The molecule has 0 N–H and O–H groups in total. The molecule has 20 heavy (non-hydrogen) atoms. The van der Waals surface area contributed by atoms with E-state index in [2.05, 4.69) is 15.3 Å². The minimum absolute atomic E-state index is 0.259. The van der Waals surface area contributed by atoms with Crippen LogP contribution in [0.1, 0.15) is 46.9 Å². The van der Waals surface area contributed by atoms with Gasteiger partial charge in [-0.1, -0.05) is 18.6 Å². The molecule has 2 aromatic rings. The lowest BCUT2D eigenvalue weighted by molar-refractivity contribution is 0.0592. The Labute approximate surface area is 116 Å². The molecule has 7 nitrogen and oxygen atoms in total. The summed E-state index contributed by atoms with van der Waals surface area (Å²) in [5.41, 5.74) is 1.85. The Balaban J connectivity index is 2.31. The van der Waals surface area contributed by atoms with E-state index >= 15 is 0 Å². The number of aryl methyl sites for hydroxylation is 2. The second kappa shape index (κ2) is 5.85. The van der Waals surface area contributed by atoms with Gasteiger partial charge in [0.15, 0.2) is 5.69 Å². The number of ether oxygens (including phenoxy) is 1. The third kappa shape index (κ3) is 2.71. The maximum atomic E-state index is 11.7. The van der Waals surface area contributed by atoms with Crippen molar-refractivity contribution in [2.24, 2.45) is 0 Å². The molecule has 0 atom stereocenters. The third-order valence-electron chi connectivity index (χ3n) is 3.06. The highest BCUT2D eigenvalue weighted by atomic mass is 16.5. The molecule has 7 heteroatoms. The summed E-state index contributed by atoms with van der Waals surface area (Å²) in [6.07, 6.45) is 1.57. The Hall–Kier alpha value is -2.18. The first kappa shape index (κ1) is 14.2. The molecular formula is C13H18N4O3. The number of carbonyl (C=O) groups is 1. The molecule has 0 radical (unpaired) electrons. The Morgan fingerprint density at radius 3 is 2.70 bits per heavy atom. The number of oxazole rings is 1. The molecule has 0 aliphatic rings. The van der Waals surface area contributed by atoms with Gasteiger partial charge in [-0.05, 0) is 20.3 Å². The van der Waals surface area contributed by atoms with Crippen LogP contribution in [0.2, 0.25) is 0 Å². The zero-order valence-corrected chi connectivity index (χ0v) is 12.1. The summed E-state index contributed by atoms with van der Waals surface area (Å²) in [5.74, 6) is 0.864. The highest BCUT2D eigenvalue weighted by molar-refractivity contribution is 5.88. The van der Waals surface area contributed by atoms with Crippen LogP contribution >= 0.6 is 0 Å². The van der Waals surface area contributed by atoms with Gasteiger partial charge in [-0.25, -0.2) is 14.5 Å². The molecule has 0 aliphatic carbocycles. The molecule has 0 bridgehead atoms. The number of carbonyl (C=O) groups excluding carboxylic acids is 1. The van der Waals surface area contributed by atoms with Crippen molar-refractivity contribution in [1.82, 2.24) is 20.0 Å². The summed E-state index contributed by atoms with van der Waals surface area (Å²) < 4.78 is 11.9. The molecule has 2 aromatic heterocycles. The maximum absolute atomic E-state index is 11.7. The Morgan fingerprint density at radius 2 is 2.15 bits per heavy atom. The Bertz CT molecular complexity index is 596. The number of methoxy groups -OCH3 is 1. The van der Waals surface area contributed by atoms with Crippen molar-refractivity contribution in [2.45, 2.75) is 40.2 Å². The lowest BCUT2D eigenvalue weighted by Gasteiger charge is -2.04. The van der Waals surface area contributed by atoms with Crippen LogP contribution in [0.3, 0.4) is 0 Å². The summed E-state index contributed by atoms with van der Waals surface area (Å²) >= 11 is 0. The number of nitrogens with zero attached hydrogens (tertiary/aromatic N) is 4. The molecule has 0 spiro atoms. The predicted molar refractivity (Wildman–Crippen MR) is 70.4 cm³/mol. The number of hydrogen-bond acceptors (Lipinski definition) is 6. The highest BCUT2D eigenvalue weighted by Gasteiger charge is 2.20. The van der Waals surface area contributed by atoms with Crippen molar-refractivity contribution in [3.05, 3.63) is 28.7 Å². The molecule has 0 saturated carbocycles. The van der Waals surface area contributed by atoms with E-state index in [0.717, 1.165) is 23.6 Å². The van der Waals surface area contributed by atoms with Crippen molar-refractivity contribution >= 4 is 5.97 Å². The van der Waals surface area contributed by atoms with Gasteiger partial charge in [0.25, 0.3) is 0 Å². The predicted octanol–water partition coefficient (Wildman–Crippen LogP) is 1.67. The fourth-order valence-electron chi connectivity index (χ4n) is 1.93. The molecule has 0 fully saturated rings. The zero-order valence-electron chi connectivity index (χ0n) is 12.1. The summed E-state index contributed by atoms with van der Waals surface area (Å²) in [6.45, 7) is 6.13. The Morgan fingerprint density at radius 1 is 1.40 bits per heavy atom. The third-order valence-corrected chi connectivity index (χ3v) is 3.06. The van der Waals surface area contributed by atoms with Crippen molar-refractivity contribution in [2.75, 3.05) is 7.11 Å². The molecule has 2 rings (SSSR count). The van der Waals surface area contributed by atoms with Crippen LogP contribution in [0.25, 0.3) is 0 Å². The van der Waals surface area contributed by atoms with E-state index < -0.39 is 5.97 Å². The molecule has 0 unspecified atom stereocenters. The van der Waals surface area contributed by atoms with Gasteiger partial charge in [0.2, 0.25) is 5.89 Å². The van der Waals surface area contributed by atoms with Crippen molar-refractivity contribution in [1.29, 1.82) is 0 Å². The van der Waals surface area contributed by atoms with Gasteiger partial charge >= 0.3 is 5.97 Å². The number of aromatic nitrogens is 4. The van der Waals surface area contributed by atoms with Crippen molar-refractivity contribution in [3.8, 4) is 0 Å². The lowest BCUT2D eigenvalue weighted by Crippen LogP contribution is -2.10. The summed E-state index contributed by atoms with van der Waals surface area (Å²) in [6, 6.07) is 0. The van der Waals surface area contributed by atoms with Gasteiger partial charge in [0.05, 0.1) is 18.5 Å². The van der Waals surface area contributed by atoms with E-state index in [9.17, 15) is 4.79 Å². The normalized spacial score (nSPS) is 10.8. The fraction of sp³-hybridized carbons (Fsp3) is 0.538.